The lowest BCUT2D eigenvalue weighted by Gasteiger charge is -2.56. The molecule has 0 bridgehead atoms. The average Bonchev–Trinajstić information content (AvgIpc) is 3.09. The molecule has 0 spiro atoms. The molecule has 0 saturated heterocycles. The van der Waals surface area contributed by atoms with E-state index in [-0.39, 0.29) is 30.3 Å². The van der Waals surface area contributed by atoms with Crippen molar-refractivity contribution >= 4 is 11.6 Å². The van der Waals surface area contributed by atoms with Crippen molar-refractivity contribution in [3.63, 3.8) is 0 Å². The van der Waals surface area contributed by atoms with Gasteiger partial charge in [0.25, 0.3) is 0 Å². The van der Waals surface area contributed by atoms with Gasteiger partial charge in [0.15, 0.2) is 11.6 Å². The lowest BCUT2D eigenvalue weighted by molar-refractivity contribution is -0.362. The Balaban J connectivity index is 1.69. The van der Waals surface area contributed by atoms with Gasteiger partial charge >= 0.3 is 12.1 Å². The van der Waals surface area contributed by atoms with Crippen LogP contribution in [0.5, 0.6) is 0 Å². The molecular weight excluding hydrogens is 479 g/mol. The molecule has 2 saturated carbocycles. The third kappa shape index (κ3) is 3.39. The van der Waals surface area contributed by atoms with E-state index in [1.54, 1.807) is 30.3 Å². The van der Waals surface area contributed by atoms with Gasteiger partial charge in [0.1, 0.15) is 5.60 Å². The number of rotatable bonds is 3. The van der Waals surface area contributed by atoms with Crippen LogP contribution in [0.15, 0.2) is 47.1 Å². The largest absolute Gasteiger partial charge is 0.456 e. The Morgan fingerprint density at radius 2 is 1.69 bits per heavy atom. The van der Waals surface area contributed by atoms with Crippen LogP contribution in [-0.4, -0.2) is 34.4 Å². The summed E-state index contributed by atoms with van der Waals surface area (Å²) in [6, 6.07) is 6.75. The number of allylic oxidation sites excluding steroid dienone is 4. The summed E-state index contributed by atoms with van der Waals surface area (Å²) in [6.45, 7) is 2.83. The van der Waals surface area contributed by atoms with Gasteiger partial charge in [-0.1, -0.05) is 36.8 Å². The van der Waals surface area contributed by atoms with Gasteiger partial charge in [-0.15, -0.1) is 0 Å². The second kappa shape index (κ2) is 8.07. The predicted octanol–water partition coefficient (Wildman–Crippen LogP) is 6.72. The second-order valence-corrected chi connectivity index (χ2v) is 11.1. The van der Waals surface area contributed by atoms with Crippen LogP contribution in [0.4, 0.5) is 22.0 Å². The molecule has 4 aliphatic carbocycles. The third-order valence-corrected chi connectivity index (χ3v) is 9.48. The summed E-state index contributed by atoms with van der Waals surface area (Å²) in [7, 11) is 0. The van der Waals surface area contributed by atoms with Gasteiger partial charge in [0.2, 0.25) is 0 Å². The van der Waals surface area contributed by atoms with E-state index in [2.05, 4.69) is 0 Å². The fourth-order valence-electron chi connectivity index (χ4n) is 7.66. The van der Waals surface area contributed by atoms with Crippen LogP contribution in [0.1, 0.15) is 80.6 Å². The molecule has 1 unspecified atom stereocenters. The first-order chi connectivity index (χ1) is 16.7. The molecule has 1 aromatic carbocycles. The number of benzene rings is 1. The van der Waals surface area contributed by atoms with Crippen molar-refractivity contribution in [3.8, 4) is 0 Å². The number of alkyl halides is 5. The average molecular weight is 509 g/mol. The molecule has 0 heterocycles. The summed E-state index contributed by atoms with van der Waals surface area (Å²) in [6.07, 6.45) is -2.90. The zero-order chi connectivity index (χ0) is 26.3. The smallest absolute Gasteiger partial charge is 0.383 e. The van der Waals surface area contributed by atoms with Crippen molar-refractivity contribution in [2.45, 2.75) is 82.4 Å². The number of hydrogen-bond donors (Lipinski definition) is 1. The quantitative estimate of drug-likeness (QED) is 0.364. The summed E-state index contributed by atoms with van der Waals surface area (Å²) in [5.41, 5.74) is -0.758. The van der Waals surface area contributed by atoms with Crippen LogP contribution in [0.3, 0.4) is 0 Å². The summed E-state index contributed by atoms with van der Waals surface area (Å²) >= 11 is 0. The Kier molecular flexibility index (Phi) is 5.67. The first-order valence-corrected chi connectivity index (χ1v) is 12.5. The Hall–Kier alpha value is -2.35. The number of ketones is 2. The number of halogens is 5. The Labute approximate surface area is 206 Å². The zero-order valence-corrected chi connectivity index (χ0v) is 20.2. The molecule has 1 N–H and O–H groups in total. The molecule has 3 nitrogen and oxygen atoms in total. The highest BCUT2D eigenvalue weighted by molar-refractivity contribution is 5.94. The highest BCUT2D eigenvalue weighted by atomic mass is 19.4. The monoisotopic (exact) mass is 508 g/mol. The number of hydrogen-bond acceptors (Lipinski definition) is 3. The summed E-state index contributed by atoms with van der Waals surface area (Å²) in [5.74, 6) is -6.66. The van der Waals surface area contributed by atoms with Crippen LogP contribution < -0.4 is 0 Å². The maximum Gasteiger partial charge on any atom is 0.456 e. The van der Waals surface area contributed by atoms with Crippen molar-refractivity contribution in [1.29, 1.82) is 0 Å². The maximum atomic E-state index is 15.0. The van der Waals surface area contributed by atoms with E-state index in [0.29, 0.717) is 31.2 Å². The molecule has 194 valence electrons. The van der Waals surface area contributed by atoms with E-state index in [0.717, 1.165) is 22.3 Å². The summed E-state index contributed by atoms with van der Waals surface area (Å²) in [4.78, 5) is 23.9. The van der Waals surface area contributed by atoms with Gasteiger partial charge in [-0.25, -0.2) is 0 Å². The molecule has 1 aromatic rings. The first kappa shape index (κ1) is 25.3. The first-order valence-electron chi connectivity index (χ1n) is 12.5. The van der Waals surface area contributed by atoms with Crippen molar-refractivity contribution in [3.05, 3.63) is 58.2 Å². The van der Waals surface area contributed by atoms with E-state index >= 15 is 0 Å². The normalized spacial score (nSPS) is 34.6. The van der Waals surface area contributed by atoms with Crippen molar-refractivity contribution in [2.75, 3.05) is 0 Å². The lowest BCUT2D eigenvalue weighted by atomic mass is 9.50. The minimum absolute atomic E-state index is 0.0378. The van der Waals surface area contributed by atoms with Gasteiger partial charge < -0.3 is 5.11 Å². The molecule has 5 atom stereocenters. The minimum Gasteiger partial charge on any atom is -0.383 e. The Bertz CT molecular complexity index is 1180. The molecule has 2 fully saturated rings. The van der Waals surface area contributed by atoms with Crippen LogP contribution in [0, 0.1) is 17.3 Å². The van der Waals surface area contributed by atoms with Gasteiger partial charge in [-0.3, -0.25) is 9.59 Å². The highest BCUT2D eigenvalue weighted by Gasteiger charge is 2.79. The van der Waals surface area contributed by atoms with Crippen molar-refractivity contribution in [2.24, 2.45) is 17.3 Å². The van der Waals surface area contributed by atoms with Crippen LogP contribution in [0.2, 0.25) is 0 Å². The van der Waals surface area contributed by atoms with E-state index in [1.165, 1.54) is 13.8 Å². The number of carbonyl (C=O) groups excluding carboxylic acids is 2. The van der Waals surface area contributed by atoms with Crippen LogP contribution in [0.25, 0.3) is 0 Å². The standard InChI is InChI=1S/C28H29F5O3/c1-15(34)16-3-5-17(6-4-16)22-14-25(2)23(11-12-26(25,36)27(29,30)28(31,32)33)21-9-7-18-13-19(35)8-10-20(18)24(21)22/h3-6,13,21-23,36H,7-12,14H2,1-2H3/t21-,22?,23-,25-,26-/m0/s1. The maximum absolute atomic E-state index is 15.0. The molecule has 36 heavy (non-hydrogen) atoms. The molecule has 8 heteroatoms. The summed E-state index contributed by atoms with van der Waals surface area (Å²) < 4.78 is 70.7. The zero-order valence-electron chi connectivity index (χ0n) is 20.2. The summed E-state index contributed by atoms with van der Waals surface area (Å²) in [5, 5.41) is 11.3. The van der Waals surface area contributed by atoms with E-state index in [1.807, 2.05) is 0 Å². The SMILES string of the molecule is CC(=O)c1ccc(C2C[C@@]3(C)[C@@H](CC[C@@]3(O)C(F)(F)C(F)(F)F)[C@@H]3CCC4=CC(=O)CCC4=C23)cc1. The second-order valence-electron chi connectivity index (χ2n) is 11.1. The lowest BCUT2D eigenvalue weighted by Crippen LogP contribution is -2.65. The third-order valence-electron chi connectivity index (χ3n) is 9.48. The fourth-order valence-corrected chi connectivity index (χ4v) is 7.66. The van der Waals surface area contributed by atoms with Crippen molar-refractivity contribution in [1.82, 2.24) is 0 Å². The van der Waals surface area contributed by atoms with Gasteiger partial charge in [0, 0.05) is 23.3 Å². The van der Waals surface area contributed by atoms with Crippen LogP contribution in [-0.2, 0) is 4.79 Å². The molecule has 0 aliphatic heterocycles. The molecule has 4 aliphatic rings. The molecule has 5 rings (SSSR count). The topological polar surface area (TPSA) is 54.4 Å². The number of Topliss-reactive ketones (excluding diaryl/α,β-unsaturated/α-hetero) is 1. The molecular formula is C28H29F5O3. The van der Waals surface area contributed by atoms with E-state index < -0.39 is 41.4 Å². The number of carbonyl (C=O) groups is 2. The fraction of sp³-hybridized carbons (Fsp3) is 0.571. The highest BCUT2D eigenvalue weighted by Crippen LogP contribution is 2.70. The van der Waals surface area contributed by atoms with Crippen LogP contribution >= 0.6 is 0 Å². The Morgan fingerprint density at radius 3 is 2.31 bits per heavy atom. The van der Waals surface area contributed by atoms with Crippen molar-refractivity contribution < 1.29 is 36.6 Å². The molecule has 0 radical (unpaired) electrons. The van der Waals surface area contributed by atoms with E-state index in [4.69, 9.17) is 0 Å². The van der Waals surface area contributed by atoms with E-state index in [9.17, 15) is 36.6 Å². The number of fused-ring (bicyclic) bond motifs is 4. The Morgan fingerprint density at radius 1 is 1.03 bits per heavy atom. The van der Waals surface area contributed by atoms with Gasteiger partial charge in [-0.2, -0.15) is 22.0 Å². The minimum atomic E-state index is -5.87. The van der Waals surface area contributed by atoms with Gasteiger partial charge in [0.05, 0.1) is 0 Å². The predicted molar refractivity (Wildman–Crippen MR) is 123 cm³/mol. The number of aliphatic hydroxyl groups is 1. The van der Waals surface area contributed by atoms with Gasteiger partial charge in [-0.05, 0) is 80.1 Å². The molecule has 0 amide bonds. The molecule has 0 aromatic heterocycles.